The lowest BCUT2D eigenvalue weighted by atomic mass is 9.83. The van der Waals surface area contributed by atoms with Gasteiger partial charge in [-0.25, -0.2) is 5.01 Å². The van der Waals surface area contributed by atoms with E-state index in [1.807, 2.05) is 0 Å². The van der Waals surface area contributed by atoms with Crippen LogP contribution in [0.4, 0.5) is 0 Å². The molecule has 0 aromatic carbocycles. The monoisotopic (exact) mass is 415 g/mol. The molecule has 0 radical (unpaired) electrons. The smallest absolute Gasteiger partial charge is 0.225 e. The minimum absolute atomic E-state index is 0.219. The first-order valence-electron chi connectivity index (χ1n) is 11.8. The number of nitrogens with one attached hydrogen (secondary N) is 2. The van der Waals surface area contributed by atoms with Crippen molar-refractivity contribution in [1.29, 1.82) is 0 Å². The van der Waals surface area contributed by atoms with Crippen LogP contribution in [0.1, 0.15) is 61.9 Å². The first kappa shape index (κ1) is 19.2. The van der Waals surface area contributed by atoms with E-state index in [9.17, 15) is 4.79 Å². The van der Waals surface area contributed by atoms with E-state index in [1.165, 1.54) is 6.42 Å². The van der Waals surface area contributed by atoms with Gasteiger partial charge in [0.25, 0.3) is 0 Å². The molecule has 1 saturated carbocycles. The van der Waals surface area contributed by atoms with Crippen LogP contribution in [0, 0.1) is 11.8 Å². The first-order chi connectivity index (χ1) is 14.8. The molecule has 1 aromatic heterocycles. The molecule has 1 aromatic rings. The van der Waals surface area contributed by atoms with Gasteiger partial charge < -0.3 is 19.5 Å². The Labute approximate surface area is 177 Å². The Morgan fingerprint density at radius 3 is 2.67 bits per heavy atom. The summed E-state index contributed by atoms with van der Waals surface area (Å²) >= 11 is 0. The Kier molecular flexibility index (Phi) is 5.06. The highest BCUT2D eigenvalue weighted by Crippen LogP contribution is 2.36. The highest BCUT2D eigenvalue weighted by molar-refractivity contribution is 5.79. The van der Waals surface area contributed by atoms with Crippen LogP contribution in [0.2, 0.25) is 0 Å². The number of likely N-dealkylation sites (tertiary alicyclic amines) is 1. The number of hydrogen-bond acceptors (Lipinski definition) is 7. The minimum Gasteiger partial charge on any atom is -0.378 e. The van der Waals surface area contributed by atoms with Gasteiger partial charge in [-0.1, -0.05) is 11.6 Å². The molecule has 5 aliphatic rings. The summed E-state index contributed by atoms with van der Waals surface area (Å²) in [4.78, 5) is 14.6. The Bertz CT molecular complexity index is 769. The highest BCUT2D eigenvalue weighted by atomic mass is 16.5. The summed E-state index contributed by atoms with van der Waals surface area (Å²) in [7, 11) is 0. The molecule has 4 aliphatic heterocycles. The van der Waals surface area contributed by atoms with Crippen molar-refractivity contribution in [2.75, 3.05) is 39.4 Å². The molecule has 8 heteroatoms. The fourth-order valence-electron chi connectivity index (χ4n) is 5.81. The molecule has 4 saturated heterocycles. The molecule has 164 valence electrons. The third-order valence-corrected chi connectivity index (χ3v) is 8.12. The summed E-state index contributed by atoms with van der Waals surface area (Å²) < 4.78 is 11.2. The van der Waals surface area contributed by atoms with Crippen molar-refractivity contribution in [2.45, 2.75) is 62.6 Å². The number of hydrazine groups is 1. The average molecular weight is 416 g/mol. The topological polar surface area (TPSA) is 82.9 Å². The fraction of sp³-hybridized carbons (Fsp3) is 0.818. The Balaban J connectivity index is 1.07. The molecule has 5 heterocycles. The van der Waals surface area contributed by atoms with Crippen molar-refractivity contribution >= 4 is 5.91 Å². The van der Waals surface area contributed by atoms with E-state index in [1.54, 1.807) is 0 Å². The number of carbonyl (C=O) groups excluding carboxylic acids is 1. The number of ether oxygens (including phenoxy) is 1. The molecule has 1 aliphatic carbocycles. The van der Waals surface area contributed by atoms with Crippen LogP contribution in [-0.2, 0) is 9.53 Å². The van der Waals surface area contributed by atoms with Crippen LogP contribution in [0.3, 0.4) is 0 Å². The number of rotatable bonds is 4. The normalized spacial score (nSPS) is 33.9. The van der Waals surface area contributed by atoms with Crippen LogP contribution in [-0.4, -0.2) is 72.4 Å². The van der Waals surface area contributed by atoms with Gasteiger partial charge in [-0.05, 0) is 32.1 Å². The zero-order chi connectivity index (χ0) is 20.1. The van der Waals surface area contributed by atoms with E-state index in [0.29, 0.717) is 35.7 Å². The van der Waals surface area contributed by atoms with Gasteiger partial charge in [0.05, 0.1) is 31.0 Å². The second-order valence-electron chi connectivity index (χ2n) is 9.87. The van der Waals surface area contributed by atoms with Crippen molar-refractivity contribution in [1.82, 2.24) is 25.8 Å². The maximum Gasteiger partial charge on any atom is 0.225 e. The molecular formula is C22H33N5O3. The zero-order valence-electron chi connectivity index (χ0n) is 17.6. The molecule has 5 fully saturated rings. The molecule has 1 amide bonds. The molecule has 0 bridgehead atoms. The zero-order valence-corrected chi connectivity index (χ0v) is 17.6. The van der Waals surface area contributed by atoms with Gasteiger partial charge in [-0.3, -0.25) is 10.2 Å². The van der Waals surface area contributed by atoms with Gasteiger partial charge in [0.2, 0.25) is 5.91 Å². The summed E-state index contributed by atoms with van der Waals surface area (Å²) in [5.74, 6) is 2.70. The van der Waals surface area contributed by atoms with Gasteiger partial charge in [0.1, 0.15) is 0 Å². The number of carbonyl (C=O) groups is 1. The lowest BCUT2D eigenvalue weighted by Crippen LogP contribution is -2.57. The number of aromatic nitrogens is 1. The summed E-state index contributed by atoms with van der Waals surface area (Å²) in [5.41, 5.74) is 4.66. The lowest BCUT2D eigenvalue weighted by Gasteiger charge is -2.41. The number of amides is 1. The SMILES string of the molecule is O=C(C1CCC1)N1CCC(c2cc(C3CC4C(CN3)CNN4C3COC3)on2)CC1. The third-order valence-electron chi connectivity index (χ3n) is 8.12. The molecule has 6 rings (SSSR count). The van der Waals surface area contributed by atoms with Gasteiger partial charge in [0.15, 0.2) is 5.76 Å². The second-order valence-corrected chi connectivity index (χ2v) is 9.87. The Morgan fingerprint density at radius 1 is 1.13 bits per heavy atom. The number of piperidine rings is 2. The van der Waals surface area contributed by atoms with Crippen molar-refractivity contribution in [3.05, 3.63) is 17.5 Å². The van der Waals surface area contributed by atoms with Crippen LogP contribution in [0.5, 0.6) is 0 Å². The molecule has 2 N–H and O–H groups in total. The van der Waals surface area contributed by atoms with Crippen molar-refractivity contribution in [2.24, 2.45) is 11.8 Å². The van der Waals surface area contributed by atoms with Crippen molar-refractivity contribution < 1.29 is 14.1 Å². The predicted octanol–water partition coefficient (Wildman–Crippen LogP) is 1.42. The fourth-order valence-corrected chi connectivity index (χ4v) is 5.81. The van der Waals surface area contributed by atoms with E-state index in [-0.39, 0.29) is 6.04 Å². The van der Waals surface area contributed by atoms with Crippen LogP contribution in [0.25, 0.3) is 0 Å². The Hall–Kier alpha value is -1.48. The van der Waals surface area contributed by atoms with E-state index in [0.717, 1.165) is 83.0 Å². The lowest BCUT2D eigenvalue weighted by molar-refractivity contribution is -0.139. The summed E-state index contributed by atoms with van der Waals surface area (Å²) in [6.45, 7) is 5.44. The van der Waals surface area contributed by atoms with E-state index >= 15 is 0 Å². The standard InChI is InChI=1S/C22H33N5O3/c28-22(15-2-1-3-15)26-6-4-14(5-7-26)18-9-21(30-25-18)19-8-20-16(10-23-19)11-24-27(20)17-12-29-13-17/h9,14-17,19-20,23-24H,1-8,10-13H2. The van der Waals surface area contributed by atoms with E-state index in [4.69, 9.17) is 9.26 Å². The largest absolute Gasteiger partial charge is 0.378 e. The third kappa shape index (κ3) is 3.38. The van der Waals surface area contributed by atoms with Gasteiger partial charge in [0, 0.05) is 56.0 Å². The molecule has 30 heavy (non-hydrogen) atoms. The first-order valence-corrected chi connectivity index (χ1v) is 11.8. The summed E-state index contributed by atoms with van der Waals surface area (Å²) in [6, 6.07) is 3.43. The maximum atomic E-state index is 12.5. The molecule has 3 unspecified atom stereocenters. The minimum atomic E-state index is 0.219. The van der Waals surface area contributed by atoms with Crippen LogP contribution in [0.15, 0.2) is 10.6 Å². The molecule has 3 atom stereocenters. The quantitative estimate of drug-likeness (QED) is 0.770. The number of nitrogens with zero attached hydrogens (tertiary/aromatic N) is 3. The molecular weight excluding hydrogens is 382 g/mol. The van der Waals surface area contributed by atoms with Gasteiger partial charge in [-0.15, -0.1) is 0 Å². The van der Waals surface area contributed by atoms with Gasteiger partial charge >= 0.3 is 0 Å². The average Bonchev–Trinajstić information content (AvgIpc) is 3.33. The summed E-state index contributed by atoms with van der Waals surface area (Å²) in [6.07, 6.45) is 6.41. The highest BCUT2D eigenvalue weighted by Gasteiger charge is 2.44. The maximum absolute atomic E-state index is 12.5. The molecule has 8 nitrogen and oxygen atoms in total. The van der Waals surface area contributed by atoms with Gasteiger partial charge in [-0.2, -0.15) is 0 Å². The van der Waals surface area contributed by atoms with Crippen LogP contribution >= 0.6 is 0 Å². The number of fused-ring (bicyclic) bond motifs is 1. The van der Waals surface area contributed by atoms with Crippen LogP contribution < -0.4 is 10.7 Å². The van der Waals surface area contributed by atoms with Crippen molar-refractivity contribution in [3.8, 4) is 0 Å². The van der Waals surface area contributed by atoms with E-state index < -0.39 is 0 Å². The second kappa shape index (κ2) is 7.89. The van der Waals surface area contributed by atoms with E-state index in [2.05, 4.69) is 31.9 Å². The number of hydrogen-bond donors (Lipinski definition) is 2. The summed E-state index contributed by atoms with van der Waals surface area (Å²) in [5, 5.41) is 10.6. The molecule has 0 spiro atoms. The van der Waals surface area contributed by atoms with Crippen molar-refractivity contribution in [3.63, 3.8) is 0 Å². The predicted molar refractivity (Wildman–Crippen MR) is 109 cm³/mol. The Morgan fingerprint density at radius 2 is 1.97 bits per heavy atom.